The molecule has 0 amide bonds. The average Bonchev–Trinajstić information content (AvgIpc) is 2.75. The van der Waals surface area contributed by atoms with E-state index in [0.29, 0.717) is 23.2 Å². The molecule has 0 saturated heterocycles. The largest absolute Gasteiger partial charge is 0.355 e. The molecule has 1 aliphatic carbocycles. The summed E-state index contributed by atoms with van der Waals surface area (Å²) in [6.07, 6.45) is 5.03. The highest BCUT2D eigenvalue weighted by atomic mass is 16.1. The highest BCUT2D eigenvalue weighted by Gasteiger charge is 2.31. The lowest BCUT2D eigenvalue weighted by molar-refractivity contribution is -0.713. The Balaban J connectivity index is 2.14. The monoisotopic (exact) mass is 305 g/mol. The molecule has 0 aromatic carbocycles. The number of rotatable bonds is 5. The predicted molar refractivity (Wildman–Crippen MR) is 87.4 cm³/mol. The van der Waals surface area contributed by atoms with Crippen LogP contribution in [-0.4, -0.2) is 28.6 Å². The number of quaternary nitrogens is 1. The lowest BCUT2D eigenvalue weighted by Crippen LogP contribution is -2.97. The Labute approximate surface area is 133 Å². The highest BCUT2D eigenvalue weighted by molar-refractivity contribution is 6.04. The maximum atomic E-state index is 12.8. The summed E-state index contributed by atoms with van der Waals surface area (Å²) in [4.78, 5) is 27.6. The van der Waals surface area contributed by atoms with E-state index in [4.69, 9.17) is 0 Å². The van der Waals surface area contributed by atoms with E-state index in [1.807, 2.05) is 20.8 Å². The highest BCUT2D eigenvalue weighted by Crippen LogP contribution is 2.22. The number of carbonyl (C=O) groups is 2. The lowest BCUT2D eigenvalue weighted by atomic mass is 9.85. The second-order valence-corrected chi connectivity index (χ2v) is 6.95. The molecule has 3 atom stereocenters. The number of hydrogen-bond acceptors (Lipinski definition) is 2. The third-order valence-electron chi connectivity index (χ3n) is 5.16. The molecule has 22 heavy (non-hydrogen) atoms. The maximum Gasteiger partial charge on any atom is 0.235 e. The Morgan fingerprint density at radius 1 is 1.23 bits per heavy atom. The third-order valence-corrected chi connectivity index (χ3v) is 5.16. The molecule has 1 aromatic heterocycles. The topological polar surface area (TPSA) is 66.5 Å². The Morgan fingerprint density at radius 2 is 1.86 bits per heavy atom. The Morgan fingerprint density at radius 3 is 2.41 bits per heavy atom. The van der Waals surface area contributed by atoms with Crippen molar-refractivity contribution in [3.63, 3.8) is 0 Å². The molecular formula is C18H29N2O2+. The van der Waals surface area contributed by atoms with Crippen molar-refractivity contribution in [3.8, 4) is 0 Å². The van der Waals surface area contributed by atoms with Crippen LogP contribution in [0.1, 0.15) is 78.6 Å². The van der Waals surface area contributed by atoms with E-state index >= 15 is 0 Å². The van der Waals surface area contributed by atoms with Crippen LogP contribution in [0.3, 0.4) is 0 Å². The van der Waals surface area contributed by atoms with Gasteiger partial charge in [-0.15, -0.1) is 0 Å². The summed E-state index contributed by atoms with van der Waals surface area (Å²) in [6, 6.07) is 0.429. The van der Waals surface area contributed by atoms with Crippen LogP contribution in [0.2, 0.25) is 0 Å². The van der Waals surface area contributed by atoms with Gasteiger partial charge in [-0.05, 0) is 52.5 Å². The van der Waals surface area contributed by atoms with Gasteiger partial charge in [-0.3, -0.25) is 9.59 Å². The van der Waals surface area contributed by atoms with E-state index in [9.17, 15) is 9.59 Å². The molecule has 1 heterocycles. The van der Waals surface area contributed by atoms with Gasteiger partial charge in [-0.25, -0.2) is 0 Å². The molecule has 1 saturated carbocycles. The van der Waals surface area contributed by atoms with Crippen LogP contribution in [0, 0.1) is 19.8 Å². The SMILES string of the molecule is CC(=O)c1c(C)[nH]c(C(=O)[C@@H](C)[NH2+][C@@H]2CCCC[C@@H]2C)c1C. The van der Waals surface area contributed by atoms with Crippen molar-refractivity contribution in [1.29, 1.82) is 0 Å². The van der Waals surface area contributed by atoms with Gasteiger partial charge in [0.2, 0.25) is 5.78 Å². The van der Waals surface area contributed by atoms with Crippen LogP contribution in [0.25, 0.3) is 0 Å². The Kier molecular flexibility index (Phi) is 5.22. The number of nitrogens with one attached hydrogen (secondary N) is 1. The van der Waals surface area contributed by atoms with Crippen molar-refractivity contribution in [1.82, 2.24) is 4.98 Å². The van der Waals surface area contributed by atoms with Gasteiger partial charge in [0.05, 0.1) is 11.7 Å². The minimum Gasteiger partial charge on any atom is -0.355 e. The second kappa shape index (κ2) is 6.78. The second-order valence-electron chi connectivity index (χ2n) is 6.95. The number of aryl methyl sites for hydroxylation is 1. The Bertz CT molecular complexity index is 574. The van der Waals surface area contributed by atoms with Crippen LogP contribution < -0.4 is 5.32 Å². The standard InChI is InChI=1S/C18H28N2O2/c1-10-8-6-7-9-15(10)19-13(4)18(22)17-11(2)16(14(5)21)12(3)20-17/h10,13,15,19-20H,6-9H2,1-5H3/p+1/t10-,13+,15+/m0/s1. The summed E-state index contributed by atoms with van der Waals surface area (Å²) in [5.74, 6) is 0.789. The molecule has 3 N–H and O–H groups in total. The van der Waals surface area contributed by atoms with Crippen LogP contribution >= 0.6 is 0 Å². The van der Waals surface area contributed by atoms with Gasteiger partial charge < -0.3 is 10.3 Å². The van der Waals surface area contributed by atoms with Gasteiger partial charge in [-0.1, -0.05) is 13.3 Å². The van der Waals surface area contributed by atoms with E-state index in [1.165, 1.54) is 25.7 Å². The van der Waals surface area contributed by atoms with Gasteiger partial charge in [0.1, 0.15) is 6.04 Å². The molecule has 0 aliphatic heterocycles. The minimum atomic E-state index is -0.109. The summed E-state index contributed by atoms with van der Waals surface area (Å²) in [6.45, 7) is 9.54. The molecule has 2 rings (SSSR count). The molecule has 4 nitrogen and oxygen atoms in total. The number of Topliss-reactive ketones (excluding diaryl/α,β-unsaturated/α-hetero) is 2. The Hall–Kier alpha value is -1.42. The summed E-state index contributed by atoms with van der Waals surface area (Å²) in [5, 5.41) is 2.23. The average molecular weight is 305 g/mol. The van der Waals surface area contributed by atoms with Crippen LogP contribution in [0.15, 0.2) is 0 Å². The molecule has 1 fully saturated rings. The van der Waals surface area contributed by atoms with Crippen LogP contribution in [-0.2, 0) is 0 Å². The third kappa shape index (κ3) is 3.32. The number of aromatic amines is 1. The van der Waals surface area contributed by atoms with Gasteiger partial charge in [0.25, 0.3) is 0 Å². The van der Waals surface area contributed by atoms with Gasteiger partial charge in [0, 0.05) is 17.2 Å². The first-order valence-electron chi connectivity index (χ1n) is 8.42. The lowest BCUT2D eigenvalue weighted by Gasteiger charge is -2.28. The first-order chi connectivity index (χ1) is 10.3. The summed E-state index contributed by atoms with van der Waals surface area (Å²) < 4.78 is 0. The van der Waals surface area contributed by atoms with Crippen LogP contribution in [0.5, 0.6) is 0 Å². The van der Waals surface area contributed by atoms with Crippen LogP contribution in [0.4, 0.5) is 0 Å². The number of H-pyrrole nitrogens is 1. The molecule has 1 aromatic rings. The first kappa shape index (κ1) is 16.9. The van der Waals surface area contributed by atoms with Crippen molar-refractivity contribution in [3.05, 3.63) is 22.5 Å². The quantitative estimate of drug-likeness (QED) is 0.821. The van der Waals surface area contributed by atoms with Crippen molar-refractivity contribution in [2.45, 2.75) is 72.4 Å². The van der Waals surface area contributed by atoms with E-state index in [-0.39, 0.29) is 17.6 Å². The molecule has 122 valence electrons. The van der Waals surface area contributed by atoms with E-state index < -0.39 is 0 Å². The first-order valence-corrected chi connectivity index (χ1v) is 8.42. The number of ketones is 2. The summed E-state index contributed by atoms with van der Waals surface area (Å²) >= 11 is 0. The minimum absolute atomic E-state index is 0.0165. The zero-order valence-corrected chi connectivity index (χ0v) is 14.5. The fourth-order valence-corrected chi connectivity index (χ4v) is 3.84. The molecule has 0 bridgehead atoms. The van der Waals surface area contributed by atoms with Crippen molar-refractivity contribution in [2.24, 2.45) is 5.92 Å². The zero-order valence-electron chi connectivity index (χ0n) is 14.5. The van der Waals surface area contributed by atoms with E-state index in [1.54, 1.807) is 6.92 Å². The molecular weight excluding hydrogens is 276 g/mol. The summed E-state index contributed by atoms with van der Waals surface area (Å²) in [7, 11) is 0. The fourth-order valence-electron chi connectivity index (χ4n) is 3.84. The number of hydrogen-bond donors (Lipinski definition) is 2. The van der Waals surface area contributed by atoms with Crippen molar-refractivity contribution >= 4 is 11.6 Å². The number of aromatic nitrogens is 1. The summed E-state index contributed by atoms with van der Waals surface area (Å²) in [5.41, 5.74) is 2.87. The molecule has 0 unspecified atom stereocenters. The normalized spacial score (nSPS) is 23.3. The van der Waals surface area contributed by atoms with Crippen molar-refractivity contribution in [2.75, 3.05) is 0 Å². The number of nitrogens with two attached hydrogens (primary N) is 1. The smallest absolute Gasteiger partial charge is 0.235 e. The molecule has 0 spiro atoms. The van der Waals surface area contributed by atoms with E-state index in [2.05, 4.69) is 17.2 Å². The molecule has 1 aliphatic rings. The number of carbonyl (C=O) groups excluding carboxylic acids is 2. The van der Waals surface area contributed by atoms with E-state index in [0.717, 1.165) is 11.3 Å². The molecule has 4 heteroatoms. The molecule has 0 radical (unpaired) electrons. The zero-order chi connectivity index (χ0) is 16.4. The van der Waals surface area contributed by atoms with Gasteiger partial charge >= 0.3 is 0 Å². The van der Waals surface area contributed by atoms with Gasteiger partial charge in [-0.2, -0.15) is 0 Å². The van der Waals surface area contributed by atoms with Gasteiger partial charge in [0.15, 0.2) is 5.78 Å². The van der Waals surface area contributed by atoms with Crippen molar-refractivity contribution < 1.29 is 14.9 Å². The predicted octanol–water partition coefficient (Wildman–Crippen LogP) is 2.55. The fraction of sp³-hybridized carbons (Fsp3) is 0.667. The maximum absolute atomic E-state index is 12.8.